The first-order valence-corrected chi connectivity index (χ1v) is 16.4. The van der Waals surface area contributed by atoms with E-state index in [4.69, 9.17) is 0 Å². The Balaban J connectivity index is -0.000000426. The number of rotatable bonds is 21. The van der Waals surface area contributed by atoms with Crippen molar-refractivity contribution in [3.63, 3.8) is 0 Å². The predicted molar refractivity (Wildman–Crippen MR) is 163 cm³/mol. The Bertz CT molecular complexity index is 264. The van der Waals surface area contributed by atoms with Crippen LogP contribution in [-0.4, -0.2) is 0 Å². The minimum atomic E-state index is 0.941. The molecule has 0 nitrogen and oxygen atoms in total. The number of hydrogen-bond donors (Lipinski definition) is 0. The zero-order chi connectivity index (χ0) is 26.5. The highest BCUT2D eigenvalue weighted by Crippen LogP contribution is 2.23. The number of unbranched alkanes of at least 4 members (excludes halogenated alkanes) is 11. The van der Waals surface area contributed by atoms with Gasteiger partial charge in [-0.3, -0.25) is 0 Å². The molecule has 0 bridgehead atoms. The Kier molecular flexibility index (Phi) is 37.4. The van der Waals surface area contributed by atoms with Crippen LogP contribution in [0.15, 0.2) is 0 Å². The summed E-state index contributed by atoms with van der Waals surface area (Å²) >= 11 is 0. The fraction of sp³-hybridized carbons (Fsp3) is 1.00. The molecule has 4 atom stereocenters. The molecule has 0 heterocycles. The average Bonchev–Trinajstić information content (AvgIpc) is 2.85. The highest BCUT2D eigenvalue weighted by Gasteiger charge is 2.11. The zero-order valence-electron chi connectivity index (χ0n) is 26.5. The van der Waals surface area contributed by atoms with Gasteiger partial charge < -0.3 is 0 Å². The van der Waals surface area contributed by atoms with Crippen molar-refractivity contribution in [3.05, 3.63) is 0 Å². The second-order valence-electron chi connectivity index (χ2n) is 11.6. The van der Waals surface area contributed by atoms with E-state index in [1.54, 1.807) is 0 Å². The smallest absolute Gasteiger partial charge is 0.0417 e. The van der Waals surface area contributed by atoms with Crippen LogP contribution in [0.5, 0.6) is 0 Å². The Hall–Kier alpha value is 0. The van der Waals surface area contributed by atoms with Crippen LogP contribution in [0.25, 0.3) is 0 Å². The monoisotopic (exact) mass is 483 g/mol. The summed E-state index contributed by atoms with van der Waals surface area (Å²) in [6.07, 6.45) is 28.3. The zero-order valence-corrected chi connectivity index (χ0v) is 26.5. The van der Waals surface area contributed by atoms with Crippen molar-refractivity contribution in [2.75, 3.05) is 0 Å². The van der Waals surface area contributed by atoms with Crippen molar-refractivity contribution in [1.29, 1.82) is 0 Å². The summed E-state index contributed by atoms with van der Waals surface area (Å²) in [6, 6.07) is 0. The molecule has 0 saturated heterocycles. The normalized spacial score (nSPS) is 14.3. The first kappa shape index (κ1) is 38.5. The molecule has 0 amide bonds. The first-order valence-electron chi connectivity index (χ1n) is 16.4. The van der Waals surface area contributed by atoms with Gasteiger partial charge in [-0.15, -0.1) is 0 Å². The minimum absolute atomic E-state index is 0.941. The summed E-state index contributed by atoms with van der Waals surface area (Å²) in [5.41, 5.74) is 0. The predicted octanol–water partition coefficient (Wildman–Crippen LogP) is 13.4. The Morgan fingerprint density at radius 1 is 0.265 bits per heavy atom. The summed E-state index contributed by atoms with van der Waals surface area (Å²) in [5, 5.41) is 0. The summed E-state index contributed by atoms with van der Waals surface area (Å²) in [7, 11) is 0. The third kappa shape index (κ3) is 32.0. The molecule has 0 radical (unpaired) electrons. The fourth-order valence-electron chi connectivity index (χ4n) is 4.45. The molecule has 0 aliphatic rings. The third-order valence-electron chi connectivity index (χ3n) is 7.95. The van der Waals surface area contributed by atoms with Gasteiger partial charge in [-0.2, -0.15) is 0 Å². The molecule has 0 saturated carbocycles. The molecule has 0 rings (SSSR count). The molecule has 0 N–H and O–H groups in total. The van der Waals surface area contributed by atoms with Gasteiger partial charge in [0.15, 0.2) is 0 Å². The molecule has 0 aliphatic heterocycles. The molecular weight excluding hydrogens is 408 g/mol. The maximum absolute atomic E-state index is 2.41. The van der Waals surface area contributed by atoms with E-state index in [0.29, 0.717) is 0 Å². The average molecular weight is 483 g/mol. The van der Waals surface area contributed by atoms with Crippen LogP contribution >= 0.6 is 0 Å². The molecule has 210 valence electrons. The molecule has 4 unspecified atom stereocenters. The lowest BCUT2D eigenvalue weighted by Crippen LogP contribution is -2.07. The lowest BCUT2D eigenvalue weighted by molar-refractivity contribution is 0.328. The van der Waals surface area contributed by atoms with Crippen LogP contribution in [0.2, 0.25) is 0 Å². The Morgan fingerprint density at radius 2 is 0.441 bits per heavy atom. The van der Waals surface area contributed by atoms with Gasteiger partial charge in [-0.05, 0) is 23.7 Å². The molecule has 0 spiro atoms. The van der Waals surface area contributed by atoms with E-state index in [-0.39, 0.29) is 0 Å². The van der Waals surface area contributed by atoms with E-state index in [1.165, 1.54) is 128 Å². The largest absolute Gasteiger partial charge is 0.0654 e. The van der Waals surface area contributed by atoms with Crippen molar-refractivity contribution >= 4 is 0 Å². The molecular formula is C34H74. The topological polar surface area (TPSA) is 0 Å². The first-order chi connectivity index (χ1) is 16.4. The van der Waals surface area contributed by atoms with Crippen LogP contribution in [0, 0.1) is 23.7 Å². The number of hydrogen-bond acceptors (Lipinski definition) is 0. The van der Waals surface area contributed by atoms with Crippen molar-refractivity contribution in [1.82, 2.24) is 0 Å². The van der Waals surface area contributed by atoms with Gasteiger partial charge in [-0.1, -0.05) is 198 Å². The van der Waals surface area contributed by atoms with E-state index in [0.717, 1.165) is 23.7 Å². The SMILES string of the molecule is CCCCC(C)C(C)CCCC.CCCCC(C)C(C)CCCC.CCCCCCCCCC. The van der Waals surface area contributed by atoms with Crippen LogP contribution in [-0.2, 0) is 0 Å². The van der Waals surface area contributed by atoms with Crippen LogP contribution < -0.4 is 0 Å². The van der Waals surface area contributed by atoms with E-state index in [9.17, 15) is 0 Å². The fourth-order valence-corrected chi connectivity index (χ4v) is 4.45. The van der Waals surface area contributed by atoms with Crippen molar-refractivity contribution < 1.29 is 0 Å². The highest BCUT2D eigenvalue weighted by atomic mass is 14.2. The molecule has 0 aromatic heterocycles. The molecule has 0 aromatic rings. The molecule has 0 fully saturated rings. The summed E-state index contributed by atoms with van der Waals surface area (Å²) in [6.45, 7) is 23.3. The van der Waals surface area contributed by atoms with Crippen molar-refractivity contribution in [2.24, 2.45) is 23.7 Å². The van der Waals surface area contributed by atoms with Gasteiger partial charge in [0, 0.05) is 0 Å². The second-order valence-corrected chi connectivity index (χ2v) is 11.6. The second kappa shape index (κ2) is 33.0. The highest BCUT2D eigenvalue weighted by molar-refractivity contribution is 4.62. The quantitative estimate of drug-likeness (QED) is 0.143. The Labute approximate surface area is 221 Å². The maximum atomic E-state index is 2.41. The van der Waals surface area contributed by atoms with E-state index >= 15 is 0 Å². The van der Waals surface area contributed by atoms with Crippen molar-refractivity contribution in [3.8, 4) is 0 Å². The van der Waals surface area contributed by atoms with Gasteiger partial charge in [0.1, 0.15) is 0 Å². The van der Waals surface area contributed by atoms with Crippen LogP contribution in [0.4, 0.5) is 0 Å². The molecule has 0 aliphatic carbocycles. The molecule has 0 heteroatoms. The summed E-state index contributed by atoms with van der Waals surface area (Å²) in [5.74, 6) is 3.76. The van der Waals surface area contributed by atoms with Gasteiger partial charge >= 0.3 is 0 Å². The van der Waals surface area contributed by atoms with E-state index in [2.05, 4.69) is 69.2 Å². The summed E-state index contributed by atoms with van der Waals surface area (Å²) < 4.78 is 0. The lowest BCUT2D eigenvalue weighted by Gasteiger charge is -2.19. The summed E-state index contributed by atoms with van der Waals surface area (Å²) in [4.78, 5) is 0. The van der Waals surface area contributed by atoms with Gasteiger partial charge in [0.25, 0.3) is 0 Å². The lowest BCUT2D eigenvalue weighted by atomic mass is 9.87. The van der Waals surface area contributed by atoms with Crippen LogP contribution in [0.3, 0.4) is 0 Å². The van der Waals surface area contributed by atoms with E-state index < -0.39 is 0 Å². The van der Waals surface area contributed by atoms with Gasteiger partial charge in [-0.25, -0.2) is 0 Å². The third-order valence-corrected chi connectivity index (χ3v) is 7.95. The molecule has 0 aromatic carbocycles. The maximum Gasteiger partial charge on any atom is -0.0417 e. The minimum Gasteiger partial charge on any atom is -0.0654 e. The van der Waals surface area contributed by atoms with E-state index in [1.807, 2.05) is 0 Å². The standard InChI is InChI=1S/2C12H26.C10H22/c2*1-5-7-9-11(3)12(4)10-8-6-2;1-3-5-7-9-10-8-6-4-2/h2*11-12H,5-10H2,1-4H3;3-10H2,1-2H3. The van der Waals surface area contributed by atoms with Crippen LogP contribution in [0.1, 0.15) is 198 Å². The van der Waals surface area contributed by atoms with Crippen molar-refractivity contribution in [2.45, 2.75) is 198 Å². The molecule has 34 heavy (non-hydrogen) atoms. The van der Waals surface area contributed by atoms with Gasteiger partial charge in [0.2, 0.25) is 0 Å². The Morgan fingerprint density at radius 3 is 0.618 bits per heavy atom. The van der Waals surface area contributed by atoms with Gasteiger partial charge in [0.05, 0.1) is 0 Å².